The molecule has 0 aromatic rings. The predicted octanol–water partition coefficient (Wildman–Crippen LogP) is 2.15. The fraction of sp³-hybridized carbons (Fsp3) is 0.846. The van der Waals surface area contributed by atoms with Crippen LogP contribution in [-0.2, 0) is 14.3 Å². The van der Waals surface area contributed by atoms with Crippen molar-refractivity contribution in [3.05, 3.63) is 0 Å². The van der Waals surface area contributed by atoms with Crippen molar-refractivity contribution in [2.75, 3.05) is 0 Å². The van der Waals surface area contributed by atoms with Gasteiger partial charge in [-0.05, 0) is 36.5 Å². The number of hydrogen-bond acceptors (Lipinski definition) is 3. The van der Waals surface area contributed by atoms with E-state index in [0.717, 1.165) is 19.3 Å². The van der Waals surface area contributed by atoms with E-state index in [2.05, 4.69) is 20.8 Å². The Kier molecular flexibility index (Phi) is 1.73. The van der Waals surface area contributed by atoms with E-state index >= 15 is 0 Å². The largest absolute Gasteiger partial charge is 0.392 e. The zero-order valence-electron chi connectivity index (χ0n) is 10.1. The van der Waals surface area contributed by atoms with Crippen LogP contribution in [0.3, 0.4) is 0 Å². The van der Waals surface area contributed by atoms with Gasteiger partial charge in [0.15, 0.2) is 0 Å². The minimum Gasteiger partial charge on any atom is -0.392 e. The van der Waals surface area contributed by atoms with Gasteiger partial charge < -0.3 is 4.74 Å². The van der Waals surface area contributed by atoms with E-state index < -0.39 is 0 Å². The second kappa shape index (κ2) is 2.69. The molecule has 3 rings (SSSR count). The Morgan fingerprint density at radius 3 is 2.62 bits per heavy atom. The third-order valence-corrected chi connectivity index (χ3v) is 5.27. The highest BCUT2D eigenvalue weighted by Crippen LogP contribution is 2.68. The number of esters is 2. The monoisotopic (exact) mass is 222 g/mol. The van der Waals surface area contributed by atoms with Crippen LogP contribution in [0.2, 0.25) is 0 Å². The molecule has 3 nitrogen and oxygen atoms in total. The summed E-state index contributed by atoms with van der Waals surface area (Å²) in [5, 5.41) is 0. The number of fused-ring (bicyclic) bond motifs is 1. The number of cyclic esters (lactones) is 2. The molecule has 2 aliphatic carbocycles. The Bertz CT molecular complexity index is 385. The summed E-state index contributed by atoms with van der Waals surface area (Å²) in [5.74, 6) is 0.309. The Labute approximate surface area is 95.5 Å². The zero-order valence-corrected chi connectivity index (χ0v) is 10.1. The van der Waals surface area contributed by atoms with Gasteiger partial charge >= 0.3 is 11.9 Å². The molecule has 2 saturated carbocycles. The molecule has 0 aromatic carbocycles. The summed E-state index contributed by atoms with van der Waals surface area (Å²) < 4.78 is 4.98. The van der Waals surface area contributed by atoms with Crippen LogP contribution in [0.5, 0.6) is 0 Å². The van der Waals surface area contributed by atoms with E-state index in [9.17, 15) is 9.59 Å². The van der Waals surface area contributed by atoms with Crippen molar-refractivity contribution >= 4 is 11.9 Å². The van der Waals surface area contributed by atoms with Crippen LogP contribution >= 0.6 is 0 Å². The lowest BCUT2D eigenvalue weighted by atomic mass is 9.71. The smallest absolute Gasteiger partial charge is 0.320 e. The quantitative estimate of drug-likeness (QED) is 0.466. The van der Waals surface area contributed by atoms with E-state index in [0.29, 0.717) is 11.8 Å². The standard InChI is InChI=1S/C13H18O3/c1-7-4-9-12(2,3)8-6-13(9,5-7)11(15)16-10(8)14/h7-9H,4-6H2,1-3H3. The summed E-state index contributed by atoms with van der Waals surface area (Å²) in [6.45, 7) is 6.45. The molecule has 3 aliphatic rings. The second-order valence-electron chi connectivity index (χ2n) is 6.54. The molecule has 0 aromatic heterocycles. The summed E-state index contributed by atoms with van der Waals surface area (Å²) in [6.07, 6.45) is 2.70. The van der Waals surface area contributed by atoms with Gasteiger partial charge in [0.2, 0.25) is 0 Å². The molecule has 1 saturated heterocycles. The van der Waals surface area contributed by atoms with E-state index in [1.807, 2.05) is 0 Å². The van der Waals surface area contributed by atoms with Gasteiger partial charge in [-0.15, -0.1) is 0 Å². The lowest BCUT2D eigenvalue weighted by Gasteiger charge is -2.30. The van der Waals surface area contributed by atoms with Gasteiger partial charge in [-0.25, -0.2) is 0 Å². The molecule has 0 amide bonds. The van der Waals surface area contributed by atoms with Crippen LogP contribution in [0, 0.1) is 28.6 Å². The average molecular weight is 222 g/mol. The maximum Gasteiger partial charge on any atom is 0.320 e. The normalized spacial score (nSPS) is 49.1. The summed E-state index contributed by atoms with van der Waals surface area (Å²) in [5.41, 5.74) is -0.407. The maximum absolute atomic E-state index is 12.1. The molecule has 1 aliphatic heterocycles. The Morgan fingerprint density at radius 1 is 1.25 bits per heavy atom. The number of hydrogen-bond donors (Lipinski definition) is 0. The van der Waals surface area contributed by atoms with Crippen LogP contribution in [-0.4, -0.2) is 11.9 Å². The minimum atomic E-state index is -0.332. The van der Waals surface area contributed by atoms with Gasteiger partial charge in [0.05, 0.1) is 11.3 Å². The van der Waals surface area contributed by atoms with Crippen molar-refractivity contribution < 1.29 is 14.3 Å². The molecule has 2 bridgehead atoms. The molecule has 0 radical (unpaired) electrons. The third-order valence-electron chi connectivity index (χ3n) is 5.27. The Morgan fingerprint density at radius 2 is 1.94 bits per heavy atom. The second-order valence-corrected chi connectivity index (χ2v) is 6.54. The van der Waals surface area contributed by atoms with E-state index in [-0.39, 0.29) is 28.7 Å². The van der Waals surface area contributed by atoms with Crippen molar-refractivity contribution in [2.45, 2.75) is 40.0 Å². The van der Waals surface area contributed by atoms with Crippen LogP contribution in [0.1, 0.15) is 40.0 Å². The van der Waals surface area contributed by atoms with Crippen LogP contribution in [0.15, 0.2) is 0 Å². The van der Waals surface area contributed by atoms with Gasteiger partial charge in [-0.3, -0.25) is 9.59 Å². The topological polar surface area (TPSA) is 43.4 Å². The lowest BCUT2D eigenvalue weighted by Crippen LogP contribution is -2.39. The zero-order chi connectivity index (χ0) is 11.7. The number of carbonyl (C=O) groups is 2. The van der Waals surface area contributed by atoms with Gasteiger partial charge in [0, 0.05) is 0 Å². The third kappa shape index (κ3) is 0.950. The Hall–Kier alpha value is -0.860. The van der Waals surface area contributed by atoms with Gasteiger partial charge in [0.1, 0.15) is 0 Å². The fourth-order valence-electron chi connectivity index (χ4n) is 4.55. The first-order valence-corrected chi connectivity index (χ1v) is 6.14. The molecule has 3 heteroatoms. The summed E-state index contributed by atoms with van der Waals surface area (Å²) in [6, 6.07) is 0. The van der Waals surface area contributed by atoms with Crippen LogP contribution in [0.25, 0.3) is 0 Å². The van der Waals surface area contributed by atoms with Crippen molar-refractivity contribution in [2.24, 2.45) is 28.6 Å². The van der Waals surface area contributed by atoms with E-state index in [1.165, 1.54) is 0 Å². The van der Waals surface area contributed by atoms with E-state index in [1.54, 1.807) is 0 Å². The highest BCUT2D eigenvalue weighted by molar-refractivity contribution is 5.95. The molecule has 88 valence electrons. The summed E-state index contributed by atoms with van der Waals surface area (Å²) in [4.78, 5) is 23.8. The predicted molar refractivity (Wildman–Crippen MR) is 57.3 cm³/mol. The number of carbonyl (C=O) groups excluding carboxylic acids is 2. The fourth-order valence-corrected chi connectivity index (χ4v) is 4.55. The minimum absolute atomic E-state index is 0.0669. The maximum atomic E-state index is 12.1. The molecule has 16 heavy (non-hydrogen) atoms. The number of rotatable bonds is 0. The van der Waals surface area contributed by atoms with Crippen LogP contribution < -0.4 is 0 Å². The van der Waals surface area contributed by atoms with Crippen molar-refractivity contribution in [1.82, 2.24) is 0 Å². The van der Waals surface area contributed by atoms with Gasteiger partial charge in [0.25, 0.3) is 0 Å². The molecule has 0 N–H and O–H groups in total. The summed E-state index contributed by atoms with van der Waals surface area (Å²) >= 11 is 0. The molecule has 1 heterocycles. The average Bonchev–Trinajstić information content (AvgIpc) is 2.58. The van der Waals surface area contributed by atoms with Crippen molar-refractivity contribution in [3.63, 3.8) is 0 Å². The first-order valence-electron chi connectivity index (χ1n) is 6.14. The first-order chi connectivity index (χ1) is 7.38. The SMILES string of the molecule is CC1CC2C3(C1)CC(C(=O)OC3=O)C2(C)C. The summed E-state index contributed by atoms with van der Waals surface area (Å²) in [7, 11) is 0. The molecule has 4 atom stereocenters. The first kappa shape index (κ1) is 10.3. The molecule has 1 spiro atoms. The van der Waals surface area contributed by atoms with Crippen molar-refractivity contribution in [1.29, 1.82) is 0 Å². The van der Waals surface area contributed by atoms with Crippen LogP contribution in [0.4, 0.5) is 0 Å². The highest BCUT2D eigenvalue weighted by atomic mass is 16.6. The molecule has 3 fully saturated rings. The lowest BCUT2D eigenvalue weighted by molar-refractivity contribution is -0.175. The van der Waals surface area contributed by atoms with Gasteiger partial charge in [-0.2, -0.15) is 0 Å². The Balaban J connectivity index is 2.12. The van der Waals surface area contributed by atoms with Gasteiger partial charge in [-0.1, -0.05) is 20.8 Å². The molecular weight excluding hydrogens is 204 g/mol. The van der Waals surface area contributed by atoms with Crippen molar-refractivity contribution in [3.8, 4) is 0 Å². The highest BCUT2D eigenvalue weighted by Gasteiger charge is 2.70. The molecular formula is C13H18O3. The molecule has 4 unspecified atom stereocenters. The van der Waals surface area contributed by atoms with E-state index in [4.69, 9.17) is 4.74 Å². The number of ether oxygens (including phenoxy) is 1.